The molecule has 0 saturated heterocycles. The highest BCUT2D eigenvalue weighted by molar-refractivity contribution is 5.73. The van der Waals surface area contributed by atoms with Crippen LogP contribution in [0.4, 0.5) is 4.39 Å². The Balaban J connectivity index is 2.97. The number of carbonyl (C=O) groups is 1. The fourth-order valence-corrected chi connectivity index (χ4v) is 1.36. The zero-order chi connectivity index (χ0) is 12.3. The first-order valence-electron chi connectivity index (χ1n) is 4.71. The van der Waals surface area contributed by atoms with Crippen LogP contribution in [-0.4, -0.2) is 29.4 Å². The molecule has 5 heteroatoms. The van der Waals surface area contributed by atoms with E-state index in [1.165, 1.54) is 26.2 Å². The lowest BCUT2D eigenvalue weighted by molar-refractivity contribution is -0.147. The third kappa shape index (κ3) is 2.49. The second-order valence-electron chi connectivity index (χ2n) is 3.47. The normalized spacial score (nSPS) is 14.2. The maximum Gasteiger partial charge on any atom is 0.333 e. The zero-order valence-electron chi connectivity index (χ0n) is 8.98. The molecular weight excluding hydrogens is 215 g/mol. The van der Waals surface area contributed by atoms with E-state index >= 15 is 0 Å². The number of aliphatic carboxylic acids is 1. The van der Waals surface area contributed by atoms with Gasteiger partial charge in [0.05, 0.1) is 7.11 Å². The molecule has 0 saturated carbocycles. The molecule has 4 nitrogen and oxygen atoms in total. The summed E-state index contributed by atoms with van der Waals surface area (Å²) in [6.45, 7) is 1.51. The van der Waals surface area contributed by atoms with Gasteiger partial charge in [0.2, 0.25) is 0 Å². The third-order valence-electron chi connectivity index (χ3n) is 2.43. The van der Waals surface area contributed by atoms with Gasteiger partial charge in [-0.1, -0.05) is 13.0 Å². The van der Waals surface area contributed by atoms with Crippen LogP contribution in [0.1, 0.15) is 18.4 Å². The Bertz CT molecular complexity index is 392. The highest BCUT2D eigenvalue weighted by Gasteiger charge is 2.23. The number of aliphatic hydroxyl groups is 1. The molecule has 0 radical (unpaired) electrons. The van der Waals surface area contributed by atoms with Crippen LogP contribution in [0.2, 0.25) is 0 Å². The van der Waals surface area contributed by atoms with Crippen LogP contribution in [0.15, 0.2) is 18.2 Å². The molecule has 88 valence electrons. The molecule has 0 heterocycles. The molecule has 0 aromatic heterocycles. The van der Waals surface area contributed by atoms with E-state index in [1.54, 1.807) is 0 Å². The van der Waals surface area contributed by atoms with Gasteiger partial charge in [0.25, 0.3) is 0 Å². The van der Waals surface area contributed by atoms with Crippen molar-refractivity contribution in [1.82, 2.24) is 0 Å². The SMILES string of the molecule is COc1ccc(C(C)C(O)C(=O)O)cc1F. The molecule has 1 aromatic rings. The minimum atomic E-state index is -1.55. The zero-order valence-corrected chi connectivity index (χ0v) is 8.98. The van der Waals surface area contributed by atoms with Crippen molar-refractivity contribution >= 4 is 5.97 Å². The average Bonchev–Trinajstić information content (AvgIpc) is 2.26. The smallest absolute Gasteiger partial charge is 0.333 e. The Hall–Kier alpha value is -1.62. The second kappa shape index (κ2) is 4.94. The molecule has 0 fully saturated rings. The first-order chi connectivity index (χ1) is 7.47. The van der Waals surface area contributed by atoms with Crippen molar-refractivity contribution in [3.63, 3.8) is 0 Å². The fraction of sp³-hybridized carbons (Fsp3) is 0.364. The number of aliphatic hydroxyl groups excluding tert-OH is 1. The van der Waals surface area contributed by atoms with Gasteiger partial charge in [-0.2, -0.15) is 0 Å². The molecule has 0 aliphatic rings. The molecular formula is C11H13FO4. The van der Waals surface area contributed by atoms with Gasteiger partial charge in [0.1, 0.15) is 0 Å². The van der Waals surface area contributed by atoms with E-state index in [1.807, 2.05) is 0 Å². The largest absolute Gasteiger partial charge is 0.494 e. The van der Waals surface area contributed by atoms with Gasteiger partial charge in [0, 0.05) is 5.92 Å². The van der Waals surface area contributed by atoms with Gasteiger partial charge >= 0.3 is 5.97 Å². The number of carboxylic acid groups (broad SMARTS) is 1. The summed E-state index contributed by atoms with van der Waals surface area (Å²) in [5.74, 6) is -2.51. The van der Waals surface area contributed by atoms with Crippen molar-refractivity contribution in [2.45, 2.75) is 18.9 Å². The Kier molecular flexibility index (Phi) is 3.84. The summed E-state index contributed by atoms with van der Waals surface area (Å²) in [4.78, 5) is 10.6. The standard InChI is InChI=1S/C11H13FO4/c1-6(10(13)11(14)15)7-3-4-9(16-2)8(12)5-7/h3-6,10,13H,1-2H3,(H,14,15). The Morgan fingerprint density at radius 2 is 2.12 bits per heavy atom. The number of methoxy groups -OCH3 is 1. The number of halogens is 1. The molecule has 0 spiro atoms. The van der Waals surface area contributed by atoms with Crippen LogP contribution in [0, 0.1) is 5.82 Å². The lowest BCUT2D eigenvalue weighted by Crippen LogP contribution is -2.25. The number of carboxylic acids is 1. The van der Waals surface area contributed by atoms with Gasteiger partial charge in [-0.05, 0) is 17.7 Å². The number of hydrogen-bond donors (Lipinski definition) is 2. The summed E-state index contributed by atoms with van der Waals surface area (Å²) in [6, 6.07) is 4.09. The molecule has 0 aliphatic heterocycles. The monoisotopic (exact) mass is 228 g/mol. The van der Waals surface area contributed by atoms with Crippen LogP contribution in [0.25, 0.3) is 0 Å². The molecule has 0 aliphatic carbocycles. The van der Waals surface area contributed by atoms with E-state index in [0.717, 1.165) is 6.07 Å². The van der Waals surface area contributed by atoms with Gasteiger partial charge < -0.3 is 14.9 Å². The van der Waals surface area contributed by atoms with Crippen molar-refractivity contribution < 1.29 is 24.1 Å². The molecule has 1 rings (SSSR count). The molecule has 2 N–H and O–H groups in total. The lowest BCUT2D eigenvalue weighted by Gasteiger charge is -2.15. The quantitative estimate of drug-likeness (QED) is 0.817. The summed E-state index contributed by atoms with van der Waals surface area (Å²) < 4.78 is 18.1. The lowest BCUT2D eigenvalue weighted by atomic mass is 9.95. The number of ether oxygens (including phenoxy) is 1. The maximum absolute atomic E-state index is 13.3. The van der Waals surface area contributed by atoms with E-state index < -0.39 is 23.8 Å². The topological polar surface area (TPSA) is 66.8 Å². The van der Waals surface area contributed by atoms with Crippen molar-refractivity contribution in [1.29, 1.82) is 0 Å². The average molecular weight is 228 g/mol. The van der Waals surface area contributed by atoms with Crippen LogP contribution in [-0.2, 0) is 4.79 Å². The van der Waals surface area contributed by atoms with E-state index in [0.29, 0.717) is 5.56 Å². The second-order valence-corrected chi connectivity index (χ2v) is 3.47. The van der Waals surface area contributed by atoms with E-state index in [2.05, 4.69) is 0 Å². The van der Waals surface area contributed by atoms with Gasteiger partial charge in [-0.25, -0.2) is 9.18 Å². The van der Waals surface area contributed by atoms with Gasteiger partial charge in [-0.3, -0.25) is 0 Å². The summed E-state index contributed by atoms with van der Waals surface area (Å²) in [5.41, 5.74) is 0.410. The minimum Gasteiger partial charge on any atom is -0.494 e. The molecule has 1 aromatic carbocycles. The van der Waals surface area contributed by atoms with Crippen LogP contribution in [0.5, 0.6) is 5.75 Å². The first kappa shape index (κ1) is 12.4. The van der Waals surface area contributed by atoms with Crippen LogP contribution in [0.3, 0.4) is 0 Å². The number of rotatable bonds is 4. The van der Waals surface area contributed by atoms with Gasteiger partial charge in [0.15, 0.2) is 17.7 Å². The highest BCUT2D eigenvalue weighted by Crippen LogP contribution is 2.25. The van der Waals surface area contributed by atoms with E-state index in [9.17, 15) is 14.3 Å². The van der Waals surface area contributed by atoms with Crippen molar-refractivity contribution in [2.24, 2.45) is 0 Å². The highest BCUT2D eigenvalue weighted by atomic mass is 19.1. The van der Waals surface area contributed by atoms with Crippen molar-refractivity contribution in [3.05, 3.63) is 29.6 Å². The van der Waals surface area contributed by atoms with Crippen molar-refractivity contribution in [3.8, 4) is 5.75 Å². The third-order valence-corrected chi connectivity index (χ3v) is 2.43. The summed E-state index contributed by atoms with van der Waals surface area (Å²) in [6.07, 6.45) is -1.55. The minimum absolute atomic E-state index is 0.0840. The summed E-state index contributed by atoms with van der Waals surface area (Å²) in [5, 5.41) is 17.9. The maximum atomic E-state index is 13.3. The number of benzene rings is 1. The Labute approximate surface area is 92.3 Å². The van der Waals surface area contributed by atoms with Crippen LogP contribution < -0.4 is 4.74 Å². The fourth-order valence-electron chi connectivity index (χ4n) is 1.36. The Morgan fingerprint density at radius 1 is 1.50 bits per heavy atom. The predicted octanol–water partition coefficient (Wildman–Crippen LogP) is 1.38. The molecule has 2 unspecified atom stereocenters. The Morgan fingerprint density at radius 3 is 2.56 bits per heavy atom. The van der Waals surface area contributed by atoms with E-state index in [-0.39, 0.29) is 5.75 Å². The molecule has 0 bridgehead atoms. The van der Waals surface area contributed by atoms with Crippen molar-refractivity contribution in [2.75, 3.05) is 7.11 Å². The summed E-state index contributed by atoms with van der Waals surface area (Å²) >= 11 is 0. The number of hydrogen-bond acceptors (Lipinski definition) is 3. The molecule has 2 atom stereocenters. The summed E-state index contributed by atoms with van der Waals surface area (Å²) in [7, 11) is 1.34. The first-order valence-corrected chi connectivity index (χ1v) is 4.71. The van der Waals surface area contributed by atoms with Gasteiger partial charge in [-0.15, -0.1) is 0 Å². The molecule has 0 amide bonds. The predicted molar refractivity (Wildman–Crippen MR) is 55.0 cm³/mol. The van der Waals surface area contributed by atoms with Crippen LogP contribution >= 0.6 is 0 Å². The van der Waals surface area contributed by atoms with E-state index in [4.69, 9.17) is 9.84 Å². The molecule has 16 heavy (non-hydrogen) atoms.